The molecule has 2 atom stereocenters. The molecule has 0 spiro atoms. The molecule has 0 aromatic carbocycles. The van der Waals surface area contributed by atoms with E-state index < -0.39 is 0 Å². The van der Waals surface area contributed by atoms with Gasteiger partial charge in [-0.1, -0.05) is 0 Å². The first-order valence-electron chi connectivity index (χ1n) is 6.19. The van der Waals surface area contributed by atoms with E-state index in [0.717, 1.165) is 39.0 Å². The third kappa shape index (κ3) is 4.10. The van der Waals surface area contributed by atoms with Crippen LogP contribution in [0.25, 0.3) is 0 Å². The van der Waals surface area contributed by atoms with Gasteiger partial charge in [0.2, 0.25) is 5.91 Å². The minimum atomic E-state index is -0.0787. The third-order valence-corrected chi connectivity index (χ3v) is 3.08. The highest BCUT2D eigenvalue weighted by Gasteiger charge is 2.23. The van der Waals surface area contributed by atoms with Gasteiger partial charge in [0.1, 0.15) is 0 Å². The van der Waals surface area contributed by atoms with Gasteiger partial charge in [-0.25, -0.2) is 0 Å². The average Bonchev–Trinajstić information content (AvgIpc) is 2.78. The predicted molar refractivity (Wildman–Crippen MR) is 64.4 cm³/mol. The second kappa shape index (κ2) is 6.86. The van der Waals surface area contributed by atoms with E-state index in [4.69, 9.17) is 4.74 Å². The van der Waals surface area contributed by atoms with E-state index in [2.05, 4.69) is 12.2 Å². The zero-order valence-corrected chi connectivity index (χ0v) is 10.7. The van der Waals surface area contributed by atoms with Gasteiger partial charge < -0.3 is 15.0 Å². The van der Waals surface area contributed by atoms with Crippen LogP contribution in [0.1, 0.15) is 33.1 Å². The van der Waals surface area contributed by atoms with E-state index in [1.165, 1.54) is 0 Å². The van der Waals surface area contributed by atoms with E-state index in [9.17, 15) is 4.79 Å². The molecule has 0 aromatic rings. The average molecular weight is 228 g/mol. The molecule has 0 aliphatic carbocycles. The van der Waals surface area contributed by atoms with Crippen LogP contribution in [0.3, 0.4) is 0 Å². The van der Waals surface area contributed by atoms with Gasteiger partial charge in [0, 0.05) is 32.8 Å². The van der Waals surface area contributed by atoms with E-state index in [1.807, 2.05) is 11.8 Å². The number of carbonyl (C=O) groups is 1. The summed E-state index contributed by atoms with van der Waals surface area (Å²) in [5, 5.41) is 3.32. The Morgan fingerprint density at radius 1 is 1.38 bits per heavy atom. The van der Waals surface area contributed by atoms with Crippen LogP contribution in [0.15, 0.2) is 0 Å². The molecular weight excluding hydrogens is 204 g/mol. The summed E-state index contributed by atoms with van der Waals surface area (Å²) in [6.45, 7) is 6.63. The van der Waals surface area contributed by atoms with Crippen LogP contribution < -0.4 is 5.32 Å². The normalized spacial score (nSPS) is 19.8. The van der Waals surface area contributed by atoms with Crippen LogP contribution >= 0.6 is 0 Å². The molecule has 94 valence electrons. The fourth-order valence-corrected chi connectivity index (χ4v) is 2.09. The topological polar surface area (TPSA) is 41.6 Å². The van der Waals surface area contributed by atoms with Crippen LogP contribution in [0, 0.1) is 0 Å². The van der Waals surface area contributed by atoms with Crippen molar-refractivity contribution in [3.8, 4) is 0 Å². The molecule has 1 heterocycles. The second-order valence-electron chi connectivity index (χ2n) is 4.60. The fourth-order valence-electron chi connectivity index (χ4n) is 2.09. The number of likely N-dealkylation sites (tertiary alicyclic amines) is 1. The van der Waals surface area contributed by atoms with Crippen molar-refractivity contribution < 1.29 is 9.53 Å². The number of methoxy groups -OCH3 is 1. The number of hydrogen-bond donors (Lipinski definition) is 1. The standard InChI is InChI=1S/C12H24N2O2/c1-10(6-9-16-3)13-11(2)12(15)14-7-4-5-8-14/h10-11,13H,4-9H2,1-3H3. The molecule has 0 aromatic heterocycles. The minimum Gasteiger partial charge on any atom is -0.385 e. The Hall–Kier alpha value is -0.610. The molecule has 1 N–H and O–H groups in total. The van der Waals surface area contributed by atoms with Crippen molar-refractivity contribution >= 4 is 5.91 Å². The minimum absolute atomic E-state index is 0.0787. The quantitative estimate of drug-likeness (QED) is 0.738. The van der Waals surface area contributed by atoms with Gasteiger partial charge in [-0.2, -0.15) is 0 Å². The highest BCUT2D eigenvalue weighted by molar-refractivity contribution is 5.81. The molecule has 2 unspecified atom stereocenters. The van der Waals surface area contributed by atoms with Crippen molar-refractivity contribution in [3.63, 3.8) is 0 Å². The molecule has 1 aliphatic rings. The molecule has 1 saturated heterocycles. The molecule has 4 nitrogen and oxygen atoms in total. The lowest BCUT2D eigenvalue weighted by molar-refractivity contribution is -0.132. The zero-order valence-electron chi connectivity index (χ0n) is 10.7. The lowest BCUT2D eigenvalue weighted by Gasteiger charge is -2.24. The van der Waals surface area contributed by atoms with Crippen molar-refractivity contribution in [2.45, 2.75) is 45.2 Å². The highest BCUT2D eigenvalue weighted by atomic mass is 16.5. The largest absolute Gasteiger partial charge is 0.385 e. The van der Waals surface area contributed by atoms with Gasteiger partial charge in [0.05, 0.1) is 6.04 Å². The van der Waals surface area contributed by atoms with Crippen molar-refractivity contribution in [2.24, 2.45) is 0 Å². The van der Waals surface area contributed by atoms with Gasteiger partial charge in [0.15, 0.2) is 0 Å². The molecule has 1 fully saturated rings. The molecule has 16 heavy (non-hydrogen) atoms. The maximum Gasteiger partial charge on any atom is 0.239 e. The van der Waals surface area contributed by atoms with Gasteiger partial charge in [-0.15, -0.1) is 0 Å². The van der Waals surface area contributed by atoms with Crippen molar-refractivity contribution in [1.82, 2.24) is 10.2 Å². The number of nitrogens with zero attached hydrogens (tertiary/aromatic N) is 1. The summed E-state index contributed by atoms with van der Waals surface area (Å²) in [5.41, 5.74) is 0. The van der Waals surface area contributed by atoms with Crippen LogP contribution in [-0.4, -0.2) is 49.7 Å². The fraction of sp³-hybridized carbons (Fsp3) is 0.917. The Morgan fingerprint density at radius 2 is 2.00 bits per heavy atom. The van der Waals surface area contributed by atoms with Gasteiger partial charge in [0.25, 0.3) is 0 Å². The number of carbonyl (C=O) groups excluding carboxylic acids is 1. The van der Waals surface area contributed by atoms with Crippen molar-refractivity contribution in [3.05, 3.63) is 0 Å². The summed E-state index contributed by atoms with van der Waals surface area (Å²) < 4.78 is 5.02. The van der Waals surface area contributed by atoms with Crippen LogP contribution in [0.2, 0.25) is 0 Å². The monoisotopic (exact) mass is 228 g/mol. The Morgan fingerprint density at radius 3 is 2.56 bits per heavy atom. The smallest absolute Gasteiger partial charge is 0.239 e. The first-order valence-corrected chi connectivity index (χ1v) is 6.19. The lowest BCUT2D eigenvalue weighted by Crippen LogP contribution is -2.47. The van der Waals surface area contributed by atoms with E-state index in [1.54, 1.807) is 7.11 Å². The zero-order chi connectivity index (χ0) is 12.0. The van der Waals surface area contributed by atoms with Crippen LogP contribution in [-0.2, 0) is 9.53 Å². The van der Waals surface area contributed by atoms with Gasteiger partial charge >= 0.3 is 0 Å². The highest BCUT2D eigenvalue weighted by Crippen LogP contribution is 2.09. The van der Waals surface area contributed by atoms with Crippen LogP contribution in [0.4, 0.5) is 0 Å². The summed E-state index contributed by atoms with van der Waals surface area (Å²) in [5.74, 6) is 0.238. The molecule has 0 radical (unpaired) electrons. The number of hydrogen-bond acceptors (Lipinski definition) is 3. The van der Waals surface area contributed by atoms with Crippen LogP contribution in [0.5, 0.6) is 0 Å². The molecule has 1 aliphatic heterocycles. The van der Waals surface area contributed by atoms with Gasteiger partial charge in [-0.05, 0) is 33.1 Å². The molecule has 1 rings (SSSR count). The summed E-state index contributed by atoms with van der Waals surface area (Å²) >= 11 is 0. The molecular formula is C12H24N2O2. The first-order chi connectivity index (χ1) is 7.65. The number of rotatable bonds is 6. The summed E-state index contributed by atoms with van der Waals surface area (Å²) in [7, 11) is 1.70. The first kappa shape index (κ1) is 13.5. The number of ether oxygens (including phenoxy) is 1. The van der Waals surface area contributed by atoms with E-state index in [0.29, 0.717) is 6.04 Å². The van der Waals surface area contributed by atoms with Crippen molar-refractivity contribution in [2.75, 3.05) is 26.8 Å². The molecule has 0 bridgehead atoms. The maximum absolute atomic E-state index is 12.0. The second-order valence-corrected chi connectivity index (χ2v) is 4.60. The van der Waals surface area contributed by atoms with E-state index in [-0.39, 0.29) is 11.9 Å². The van der Waals surface area contributed by atoms with Gasteiger partial charge in [-0.3, -0.25) is 4.79 Å². The Kier molecular flexibility index (Phi) is 5.77. The third-order valence-electron chi connectivity index (χ3n) is 3.08. The summed E-state index contributed by atoms with van der Waals surface area (Å²) in [4.78, 5) is 13.9. The number of nitrogens with one attached hydrogen (secondary N) is 1. The Bertz CT molecular complexity index is 215. The predicted octanol–water partition coefficient (Wildman–Crippen LogP) is 1.01. The van der Waals surface area contributed by atoms with E-state index >= 15 is 0 Å². The number of amides is 1. The summed E-state index contributed by atoms with van der Waals surface area (Å²) in [6.07, 6.45) is 3.24. The molecule has 4 heteroatoms. The summed E-state index contributed by atoms with van der Waals surface area (Å²) in [6, 6.07) is 0.242. The SMILES string of the molecule is COCCC(C)NC(C)C(=O)N1CCCC1. The molecule has 0 saturated carbocycles. The molecule has 1 amide bonds. The Balaban J connectivity index is 2.27. The maximum atomic E-state index is 12.0. The Labute approximate surface area is 98.3 Å². The lowest BCUT2D eigenvalue weighted by atomic mass is 10.2. The van der Waals surface area contributed by atoms with Crippen molar-refractivity contribution in [1.29, 1.82) is 0 Å².